The van der Waals surface area contributed by atoms with E-state index in [1.54, 1.807) is 18.2 Å². The number of esters is 1. The number of methoxy groups -OCH3 is 1. The zero-order chi connectivity index (χ0) is 18.7. The lowest BCUT2D eigenvalue weighted by Gasteiger charge is -2.11. The summed E-state index contributed by atoms with van der Waals surface area (Å²) in [6, 6.07) is 7.67. The number of halogens is 1. The van der Waals surface area contributed by atoms with Crippen molar-refractivity contribution in [3.05, 3.63) is 40.9 Å². The maximum absolute atomic E-state index is 12.2. The number of carbonyl (C=O) groups excluding carboxylic acids is 2. The van der Waals surface area contributed by atoms with E-state index in [-0.39, 0.29) is 28.8 Å². The Kier molecular flexibility index (Phi) is 5.04. The summed E-state index contributed by atoms with van der Waals surface area (Å²) in [6.45, 7) is -0.352. The molecule has 0 saturated heterocycles. The van der Waals surface area contributed by atoms with Crippen molar-refractivity contribution in [2.24, 2.45) is 0 Å². The van der Waals surface area contributed by atoms with Crippen LogP contribution in [-0.2, 0) is 9.53 Å². The minimum absolute atomic E-state index is 0.0718. The Balaban J connectivity index is 1.61. The molecule has 3 N–H and O–H groups in total. The van der Waals surface area contributed by atoms with Gasteiger partial charge in [0.25, 0.3) is 5.91 Å². The van der Waals surface area contributed by atoms with Gasteiger partial charge < -0.3 is 30.0 Å². The van der Waals surface area contributed by atoms with Crippen LogP contribution in [0.25, 0.3) is 0 Å². The number of amides is 1. The van der Waals surface area contributed by atoms with E-state index in [9.17, 15) is 9.59 Å². The Morgan fingerprint density at radius 1 is 1.23 bits per heavy atom. The van der Waals surface area contributed by atoms with Crippen LogP contribution in [0.15, 0.2) is 30.3 Å². The first-order valence-electron chi connectivity index (χ1n) is 7.47. The molecule has 2 aromatic carbocycles. The van der Waals surface area contributed by atoms with E-state index in [2.05, 4.69) is 5.32 Å². The fraction of sp³-hybridized carbons (Fsp3) is 0.176. The van der Waals surface area contributed by atoms with Gasteiger partial charge in [-0.1, -0.05) is 11.6 Å². The molecule has 0 unspecified atom stereocenters. The molecule has 2 aromatic rings. The first-order chi connectivity index (χ1) is 12.5. The predicted molar refractivity (Wildman–Crippen MR) is 93.9 cm³/mol. The number of nitrogen functional groups attached to an aromatic ring is 1. The highest BCUT2D eigenvalue weighted by atomic mass is 35.5. The Morgan fingerprint density at radius 3 is 2.77 bits per heavy atom. The normalized spacial score (nSPS) is 11.8. The second kappa shape index (κ2) is 7.40. The third kappa shape index (κ3) is 3.75. The average Bonchev–Trinajstić information content (AvgIpc) is 3.09. The molecule has 1 aliphatic heterocycles. The van der Waals surface area contributed by atoms with Crippen LogP contribution in [0.5, 0.6) is 17.2 Å². The Labute approximate surface area is 153 Å². The van der Waals surface area contributed by atoms with Crippen LogP contribution < -0.4 is 25.3 Å². The Hall–Kier alpha value is -3.13. The molecule has 0 fully saturated rings. The molecule has 8 nitrogen and oxygen atoms in total. The van der Waals surface area contributed by atoms with E-state index in [1.807, 2.05) is 0 Å². The summed E-state index contributed by atoms with van der Waals surface area (Å²) in [5, 5.41) is 2.78. The molecule has 3 rings (SSSR count). The van der Waals surface area contributed by atoms with Crippen molar-refractivity contribution in [1.29, 1.82) is 0 Å². The lowest BCUT2D eigenvalue weighted by molar-refractivity contribution is -0.119. The third-order valence-corrected chi connectivity index (χ3v) is 3.86. The predicted octanol–water partition coefficient (Wildman–Crippen LogP) is 2.46. The molecule has 0 aromatic heterocycles. The van der Waals surface area contributed by atoms with Crippen LogP contribution in [0.4, 0.5) is 11.4 Å². The summed E-state index contributed by atoms with van der Waals surface area (Å²) < 4.78 is 20.5. The molecule has 1 aliphatic rings. The molecule has 0 bridgehead atoms. The molecule has 9 heteroatoms. The van der Waals surface area contributed by atoms with Crippen molar-refractivity contribution in [2.75, 3.05) is 31.6 Å². The lowest BCUT2D eigenvalue weighted by Crippen LogP contribution is -2.21. The minimum atomic E-state index is -0.760. The molecule has 0 aliphatic carbocycles. The number of carbonyl (C=O) groups is 2. The van der Waals surface area contributed by atoms with Gasteiger partial charge in [-0.3, -0.25) is 4.79 Å². The van der Waals surface area contributed by atoms with Gasteiger partial charge in [-0.2, -0.15) is 0 Å². The molecule has 0 atom stereocenters. The van der Waals surface area contributed by atoms with Crippen LogP contribution in [0.1, 0.15) is 10.4 Å². The summed E-state index contributed by atoms with van der Waals surface area (Å²) in [6.07, 6.45) is 0. The van der Waals surface area contributed by atoms with Crippen molar-refractivity contribution in [3.8, 4) is 17.2 Å². The number of nitrogens with two attached hydrogens (primary N) is 1. The molecule has 0 radical (unpaired) electrons. The molecule has 0 spiro atoms. The SMILES string of the molecule is COc1cc(N)c(Cl)cc1C(=O)OCC(=O)Nc1ccc2c(c1)OCO2. The number of benzene rings is 2. The zero-order valence-electron chi connectivity index (χ0n) is 13.7. The second-order valence-electron chi connectivity index (χ2n) is 5.27. The number of rotatable bonds is 5. The highest BCUT2D eigenvalue weighted by molar-refractivity contribution is 6.33. The maximum atomic E-state index is 12.2. The van der Waals surface area contributed by atoms with Gasteiger partial charge in [-0.05, 0) is 18.2 Å². The highest BCUT2D eigenvalue weighted by Crippen LogP contribution is 2.34. The van der Waals surface area contributed by atoms with Gasteiger partial charge in [-0.15, -0.1) is 0 Å². The molecule has 0 saturated carbocycles. The fourth-order valence-corrected chi connectivity index (χ4v) is 2.44. The monoisotopic (exact) mass is 378 g/mol. The smallest absolute Gasteiger partial charge is 0.342 e. The van der Waals surface area contributed by atoms with Gasteiger partial charge in [0, 0.05) is 17.8 Å². The average molecular weight is 379 g/mol. The van der Waals surface area contributed by atoms with E-state index in [0.29, 0.717) is 17.2 Å². The lowest BCUT2D eigenvalue weighted by atomic mass is 10.2. The third-order valence-electron chi connectivity index (χ3n) is 3.53. The van der Waals surface area contributed by atoms with Crippen molar-refractivity contribution in [3.63, 3.8) is 0 Å². The number of hydrogen-bond acceptors (Lipinski definition) is 7. The second-order valence-corrected chi connectivity index (χ2v) is 5.67. The van der Waals surface area contributed by atoms with Gasteiger partial charge in [0.2, 0.25) is 6.79 Å². The molecule has 26 heavy (non-hydrogen) atoms. The number of fused-ring (bicyclic) bond motifs is 1. The number of ether oxygens (including phenoxy) is 4. The van der Waals surface area contributed by atoms with Crippen molar-refractivity contribution >= 4 is 34.9 Å². The van der Waals surface area contributed by atoms with Crippen molar-refractivity contribution in [1.82, 2.24) is 0 Å². The van der Waals surface area contributed by atoms with E-state index >= 15 is 0 Å². The zero-order valence-corrected chi connectivity index (χ0v) is 14.5. The van der Waals surface area contributed by atoms with Crippen LogP contribution in [0, 0.1) is 0 Å². The molecule has 1 heterocycles. The quantitative estimate of drug-likeness (QED) is 0.607. The minimum Gasteiger partial charge on any atom is -0.496 e. The van der Waals surface area contributed by atoms with Crippen LogP contribution >= 0.6 is 11.6 Å². The summed E-state index contributed by atoms with van der Waals surface area (Å²) in [5.41, 5.74) is 6.49. The van der Waals surface area contributed by atoms with Crippen molar-refractivity contribution in [2.45, 2.75) is 0 Å². The van der Waals surface area contributed by atoms with Crippen LogP contribution in [-0.4, -0.2) is 32.4 Å². The standard InChI is InChI=1S/C17H15ClN2O6/c1-23-14-6-12(19)11(18)5-10(14)17(22)24-7-16(21)20-9-2-3-13-15(4-9)26-8-25-13/h2-6H,7-8,19H2,1H3,(H,20,21). The highest BCUT2D eigenvalue weighted by Gasteiger charge is 2.18. The van der Waals surface area contributed by atoms with Gasteiger partial charge in [-0.25, -0.2) is 4.79 Å². The summed E-state index contributed by atoms with van der Waals surface area (Å²) in [5.74, 6) is 0.0539. The topological polar surface area (TPSA) is 109 Å². The largest absolute Gasteiger partial charge is 0.496 e. The number of anilines is 2. The van der Waals surface area contributed by atoms with Gasteiger partial charge >= 0.3 is 5.97 Å². The van der Waals surface area contributed by atoms with Gasteiger partial charge in [0.15, 0.2) is 18.1 Å². The molecule has 136 valence electrons. The van der Waals surface area contributed by atoms with Gasteiger partial charge in [0.05, 0.1) is 17.8 Å². The Morgan fingerprint density at radius 2 is 2.00 bits per heavy atom. The van der Waals surface area contributed by atoms with Crippen LogP contribution in [0.3, 0.4) is 0 Å². The fourth-order valence-electron chi connectivity index (χ4n) is 2.28. The number of nitrogens with one attached hydrogen (secondary N) is 1. The van der Waals surface area contributed by atoms with E-state index < -0.39 is 18.5 Å². The number of hydrogen-bond donors (Lipinski definition) is 2. The summed E-state index contributed by atoms with van der Waals surface area (Å²) in [4.78, 5) is 24.2. The Bertz CT molecular complexity index is 871. The van der Waals surface area contributed by atoms with Crippen molar-refractivity contribution < 1.29 is 28.5 Å². The van der Waals surface area contributed by atoms with Crippen LogP contribution in [0.2, 0.25) is 5.02 Å². The first kappa shape index (κ1) is 17.7. The van der Waals surface area contributed by atoms with Gasteiger partial charge in [0.1, 0.15) is 11.3 Å². The molecular formula is C17H15ClN2O6. The molecular weight excluding hydrogens is 364 g/mol. The first-order valence-corrected chi connectivity index (χ1v) is 7.85. The van der Waals surface area contributed by atoms with E-state index in [4.69, 9.17) is 36.3 Å². The summed E-state index contributed by atoms with van der Waals surface area (Å²) in [7, 11) is 1.38. The summed E-state index contributed by atoms with van der Waals surface area (Å²) >= 11 is 5.91. The maximum Gasteiger partial charge on any atom is 0.342 e. The van der Waals surface area contributed by atoms with E-state index in [0.717, 1.165) is 0 Å². The van der Waals surface area contributed by atoms with E-state index in [1.165, 1.54) is 19.2 Å². The molecule has 1 amide bonds.